The zero-order valence-corrected chi connectivity index (χ0v) is 10.8. The van der Waals surface area contributed by atoms with Crippen LogP contribution in [-0.2, 0) is 14.1 Å². The molecule has 0 spiro atoms. The molecule has 1 N–H and O–H groups in total. The molecule has 0 atom stereocenters. The number of piperidine rings is 1. The maximum absolute atomic E-state index is 11.8. The summed E-state index contributed by atoms with van der Waals surface area (Å²) in [6.07, 6.45) is 1.78. The average molecular weight is 253 g/mol. The highest BCUT2D eigenvalue weighted by atomic mass is 16.3. The summed E-state index contributed by atoms with van der Waals surface area (Å²) in [6, 6.07) is 1.50. The van der Waals surface area contributed by atoms with E-state index in [1.807, 2.05) is 4.90 Å². The molecule has 1 aromatic rings. The maximum Gasteiger partial charge on any atom is 0.332 e. The number of hydrogen-bond acceptors (Lipinski definition) is 4. The molecule has 1 aromatic heterocycles. The van der Waals surface area contributed by atoms with Gasteiger partial charge >= 0.3 is 5.69 Å². The van der Waals surface area contributed by atoms with Gasteiger partial charge in [0.1, 0.15) is 5.82 Å². The van der Waals surface area contributed by atoms with E-state index >= 15 is 0 Å². The van der Waals surface area contributed by atoms with E-state index in [0.717, 1.165) is 30.5 Å². The number of hydrogen-bond donors (Lipinski definition) is 1. The SMILES string of the molecule is Cn1c(N2CCC(CO)CC2)cc(=O)n(C)c1=O. The molecular formula is C12H19N3O3. The Labute approximate surface area is 105 Å². The molecule has 0 amide bonds. The van der Waals surface area contributed by atoms with Crippen LogP contribution in [0.25, 0.3) is 0 Å². The Morgan fingerprint density at radius 1 is 1.22 bits per heavy atom. The second-order valence-electron chi connectivity index (χ2n) is 4.85. The van der Waals surface area contributed by atoms with Gasteiger partial charge in [-0.05, 0) is 18.8 Å². The molecule has 2 heterocycles. The summed E-state index contributed by atoms with van der Waals surface area (Å²) in [7, 11) is 3.15. The van der Waals surface area contributed by atoms with Crippen LogP contribution >= 0.6 is 0 Å². The Morgan fingerprint density at radius 3 is 2.39 bits per heavy atom. The lowest BCUT2D eigenvalue weighted by molar-refractivity contribution is 0.202. The van der Waals surface area contributed by atoms with Crippen molar-refractivity contribution in [1.29, 1.82) is 0 Å². The van der Waals surface area contributed by atoms with E-state index in [2.05, 4.69) is 0 Å². The fourth-order valence-electron chi connectivity index (χ4n) is 2.37. The first kappa shape index (κ1) is 12.9. The molecule has 6 heteroatoms. The smallest absolute Gasteiger partial charge is 0.332 e. The third-order valence-corrected chi connectivity index (χ3v) is 3.70. The van der Waals surface area contributed by atoms with Crippen LogP contribution in [0.15, 0.2) is 15.7 Å². The molecule has 6 nitrogen and oxygen atoms in total. The predicted octanol–water partition coefficient (Wildman–Crippen LogP) is -0.707. The van der Waals surface area contributed by atoms with Crippen LogP contribution in [0.3, 0.4) is 0 Å². The quantitative estimate of drug-likeness (QED) is 0.756. The van der Waals surface area contributed by atoms with Crippen molar-refractivity contribution in [3.8, 4) is 0 Å². The molecule has 1 aliphatic rings. The largest absolute Gasteiger partial charge is 0.396 e. The normalized spacial score (nSPS) is 17.2. The van der Waals surface area contributed by atoms with Gasteiger partial charge in [-0.2, -0.15) is 0 Å². The standard InChI is InChI=1S/C12H19N3O3/c1-13-10(7-11(17)14(2)12(13)18)15-5-3-9(8-16)4-6-15/h7,9,16H,3-6,8H2,1-2H3. The minimum atomic E-state index is -0.304. The van der Waals surface area contributed by atoms with Gasteiger partial charge in [-0.3, -0.25) is 13.9 Å². The van der Waals surface area contributed by atoms with Gasteiger partial charge in [0.05, 0.1) is 0 Å². The van der Waals surface area contributed by atoms with Gasteiger partial charge in [0.25, 0.3) is 5.56 Å². The summed E-state index contributed by atoms with van der Waals surface area (Å²) in [4.78, 5) is 25.5. The molecule has 18 heavy (non-hydrogen) atoms. The molecule has 100 valence electrons. The second-order valence-corrected chi connectivity index (χ2v) is 4.85. The first-order chi connectivity index (χ1) is 8.54. The number of rotatable bonds is 2. The molecule has 1 fully saturated rings. The van der Waals surface area contributed by atoms with Gasteiger partial charge in [0.2, 0.25) is 0 Å². The molecule has 2 rings (SSSR count). The molecular weight excluding hydrogens is 234 g/mol. The van der Waals surface area contributed by atoms with Gasteiger partial charge in [-0.15, -0.1) is 0 Å². The van der Waals surface area contributed by atoms with E-state index < -0.39 is 0 Å². The Hall–Kier alpha value is -1.56. The van der Waals surface area contributed by atoms with Gasteiger partial charge in [0.15, 0.2) is 0 Å². The molecule has 0 bridgehead atoms. The van der Waals surface area contributed by atoms with Crippen LogP contribution in [0.1, 0.15) is 12.8 Å². The van der Waals surface area contributed by atoms with Crippen molar-refractivity contribution in [3.05, 3.63) is 26.9 Å². The van der Waals surface area contributed by atoms with E-state index in [0.29, 0.717) is 11.7 Å². The van der Waals surface area contributed by atoms with Crippen molar-refractivity contribution in [2.45, 2.75) is 12.8 Å². The number of aromatic nitrogens is 2. The Morgan fingerprint density at radius 2 is 1.83 bits per heavy atom. The predicted molar refractivity (Wildman–Crippen MR) is 68.9 cm³/mol. The number of nitrogens with zero attached hydrogens (tertiary/aromatic N) is 3. The molecule has 0 aliphatic carbocycles. The number of aliphatic hydroxyl groups is 1. The first-order valence-electron chi connectivity index (χ1n) is 6.17. The fourth-order valence-corrected chi connectivity index (χ4v) is 2.37. The van der Waals surface area contributed by atoms with Gasteiger partial charge in [0, 0.05) is 39.9 Å². The van der Waals surface area contributed by atoms with Gasteiger partial charge < -0.3 is 10.0 Å². The van der Waals surface area contributed by atoms with Crippen molar-refractivity contribution < 1.29 is 5.11 Å². The third-order valence-electron chi connectivity index (χ3n) is 3.70. The zero-order valence-electron chi connectivity index (χ0n) is 10.8. The Bertz CT molecular complexity index is 538. The van der Waals surface area contributed by atoms with E-state index in [9.17, 15) is 9.59 Å². The average Bonchev–Trinajstić information content (AvgIpc) is 2.41. The van der Waals surface area contributed by atoms with Crippen molar-refractivity contribution in [3.63, 3.8) is 0 Å². The zero-order chi connectivity index (χ0) is 13.3. The summed E-state index contributed by atoms with van der Waals surface area (Å²) < 4.78 is 2.60. The Balaban J connectivity index is 2.30. The van der Waals surface area contributed by atoms with Crippen molar-refractivity contribution >= 4 is 5.82 Å². The molecule has 1 aliphatic heterocycles. The second kappa shape index (κ2) is 4.97. The maximum atomic E-state index is 11.8. The van der Waals surface area contributed by atoms with Crippen molar-refractivity contribution in [2.75, 3.05) is 24.6 Å². The highest BCUT2D eigenvalue weighted by Gasteiger charge is 2.21. The highest BCUT2D eigenvalue weighted by molar-refractivity contribution is 5.38. The fraction of sp³-hybridized carbons (Fsp3) is 0.667. The molecule has 1 saturated heterocycles. The van der Waals surface area contributed by atoms with Crippen LogP contribution in [0.5, 0.6) is 0 Å². The van der Waals surface area contributed by atoms with Gasteiger partial charge in [-0.1, -0.05) is 0 Å². The van der Waals surface area contributed by atoms with E-state index in [1.54, 1.807) is 7.05 Å². The summed E-state index contributed by atoms with van der Waals surface area (Å²) in [6.45, 7) is 1.75. The van der Waals surface area contributed by atoms with Crippen LogP contribution in [-0.4, -0.2) is 33.9 Å². The topological polar surface area (TPSA) is 67.5 Å². The summed E-state index contributed by atoms with van der Waals surface area (Å²) in [5.74, 6) is 1.00. The molecule has 0 aromatic carbocycles. The van der Waals surface area contributed by atoms with E-state index in [4.69, 9.17) is 5.11 Å². The van der Waals surface area contributed by atoms with E-state index in [1.165, 1.54) is 17.7 Å². The highest BCUT2D eigenvalue weighted by Crippen LogP contribution is 2.20. The minimum absolute atomic E-state index is 0.212. The molecule has 0 radical (unpaired) electrons. The van der Waals surface area contributed by atoms with Crippen LogP contribution < -0.4 is 16.1 Å². The van der Waals surface area contributed by atoms with E-state index in [-0.39, 0.29) is 17.9 Å². The van der Waals surface area contributed by atoms with Crippen molar-refractivity contribution in [1.82, 2.24) is 9.13 Å². The summed E-state index contributed by atoms with van der Waals surface area (Å²) in [5, 5.41) is 9.10. The minimum Gasteiger partial charge on any atom is -0.396 e. The lowest BCUT2D eigenvalue weighted by Gasteiger charge is -2.33. The van der Waals surface area contributed by atoms with Crippen LogP contribution in [0.2, 0.25) is 0 Å². The summed E-state index contributed by atoms with van der Waals surface area (Å²) in [5.41, 5.74) is -0.584. The molecule has 0 unspecified atom stereocenters. The monoisotopic (exact) mass is 253 g/mol. The van der Waals surface area contributed by atoms with Crippen molar-refractivity contribution in [2.24, 2.45) is 20.0 Å². The lowest BCUT2D eigenvalue weighted by Crippen LogP contribution is -2.43. The number of anilines is 1. The number of aliphatic hydroxyl groups excluding tert-OH is 1. The lowest BCUT2D eigenvalue weighted by atomic mass is 9.98. The summed E-state index contributed by atoms with van der Waals surface area (Å²) >= 11 is 0. The third kappa shape index (κ3) is 2.20. The first-order valence-corrected chi connectivity index (χ1v) is 6.17. The van der Waals surface area contributed by atoms with Crippen LogP contribution in [0.4, 0.5) is 5.82 Å². The molecule has 0 saturated carbocycles. The Kier molecular flexibility index (Phi) is 3.56. The van der Waals surface area contributed by atoms with Gasteiger partial charge in [-0.25, -0.2) is 4.79 Å². The van der Waals surface area contributed by atoms with Crippen LogP contribution in [0, 0.1) is 5.92 Å².